The van der Waals surface area contributed by atoms with Crippen molar-refractivity contribution in [3.63, 3.8) is 0 Å². The molecule has 1 aliphatic carbocycles. The number of amides is 1. The molecule has 0 aromatic rings. The van der Waals surface area contributed by atoms with Gasteiger partial charge in [0, 0.05) is 6.54 Å². The number of hydrogen-bond acceptors (Lipinski definition) is 4. The third-order valence-corrected chi connectivity index (χ3v) is 3.49. The van der Waals surface area contributed by atoms with Crippen molar-refractivity contribution in [2.45, 2.75) is 38.1 Å². The number of nitrogens with one attached hydrogen (secondary N) is 1. The predicted molar refractivity (Wildman–Crippen MR) is 66.3 cm³/mol. The van der Waals surface area contributed by atoms with E-state index in [0.717, 1.165) is 12.8 Å². The molecule has 19 heavy (non-hydrogen) atoms. The lowest BCUT2D eigenvalue weighted by molar-refractivity contribution is -0.143. The summed E-state index contributed by atoms with van der Waals surface area (Å²) in [6, 6.07) is -1.03. The zero-order valence-electron chi connectivity index (χ0n) is 10.7. The number of carbonyl (C=O) groups excluding carboxylic acids is 1. The lowest BCUT2D eigenvalue weighted by atomic mass is 9.82. The Balaban J connectivity index is 2.25. The van der Waals surface area contributed by atoms with Crippen molar-refractivity contribution in [1.82, 2.24) is 5.32 Å². The number of nitrogens with two attached hydrogens (primary N) is 1. The second kappa shape index (κ2) is 7.08. The molecule has 0 aliphatic heterocycles. The summed E-state index contributed by atoms with van der Waals surface area (Å²) in [5.74, 6) is -2.36. The van der Waals surface area contributed by atoms with Gasteiger partial charge >= 0.3 is 11.9 Å². The standard InChI is InChI=1S/C12H20N2O5/c13-9(5-10(15)16)11(17)14-6-7-1-3-8(4-2-7)12(18)19/h7-9H,1-6,13H2,(H,14,17)(H,15,16)(H,18,19)/t7-,8-,9-/m0/s1. The Hall–Kier alpha value is -1.63. The molecule has 0 heterocycles. The third kappa shape index (κ3) is 5.25. The molecule has 5 N–H and O–H groups in total. The SMILES string of the molecule is N[C@@H](CC(=O)O)C(=O)NC[C@H]1CC[C@H](C(=O)O)CC1. The summed E-state index contributed by atoms with van der Waals surface area (Å²) in [5, 5.41) is 20.0. The minimum atomic E-state index is -1.11. The molecular formula is C12H20N2O5. The molecule has 1 atom stereocenters. The maximum absolute atomic E-state index is 11.5. The quantitative estimate of drug-likeness (QED) is 0.529. The normalized spacial score (nSPS) is 24.5. The molecule has 0 aromatic carbocycles. The van der Waals surface area contributed by atoms with Crippen molar-refractivity contribution in [3.05, 3.63) is 0 Å². The van der Waals surface area contributed by atoms with E-state index in [1.807, 2.05) is 0 Å². The third-order valence-electron chi connectivity index (χ3n) is 3.49. The lowest BCUT2D eigenvalue weighted by Crippen LogP contribution is -2.44. The van der Waals surface area contributed by atoms with Crippen molar-refractivity contribution in [2.75, 3.05) is 6.54 Å². The smallest absolute Gasteiger partial charge is 0.306 e. The highest BCUT2D eigenvalue weighted by atomic mass is 16.4. The molecule has 7 nitrogen and oxygen atoms in total. The molecule has 0 spiro atoms. The number of hydrogen-bond donors (Lipinski definition) is 4. The fourth-order valence-corrected chi connectivity index (χ4v) is 2.27. The summed E-state index contributed by atoms with van der Waals surface area (Å²) in [4.78, 5) is 32.7. The van der Waals surface area contributed by atoms with Crippen molar-refractivity contribution in [3.8, 4) is 0 Å². The molecule has 108 valence electrons. The number of carboxylic acid groups (broad SMARTS) is 2. The Morgan fingerprint density at radius 1 is 1.16 bits per heavy atom. The van der Waals surface area contributed by atoms with E-state index in [9.17, 15) is 14.4 Å². The summed E-state index contributed by atoms with van der Waals surface area (Å²) < 4.78 is 0. The van der Waals surface area contributed by atoms with Crippen molar-refractivity contribution >= 4 is 17.8 Å². The van der Waals surface area contributed by atoms with Gasteiger partial charge in [0.15, 0.2) is 0 Å². The van der Waals surface area contributed by atoms with Gasteiger partial charge in [-0.2, -0.15) is 0 Å². The van der Waals surface area contributed by atoms with E-state index in [1.54, 1.807) is 0 Å². The predicted octanol–water partition coefficient (Wildman–Crippen LogP) is -0.204. The molecule has 1 fully saturated rings. The second-order valence-electron chi connectivity index (χ2n) is 5.01. The monoisotopic (exact) mass is 272 g/mol. The van der Waals surface area contributed by atoms with E-state index in [4.69, 9.17) is 15.9 Å². The van der Waals surface area contributed by atoms with Crippen molar-refractivity contribution < 1.29 is 24.6 Å². The molecule has 0 bridgehead atoms. The number of aliphatic carboxylic acids is 2. The van der Waals surface area contributed by atoms with Crippen LogP contribution in [-0.2, 0) is 14.4 Å². The highest BCUT2D eigenvalue weighted by Crippen LogP contribution is 2.28. The van der Waals surface area contributed by atoms with Gasteiger partial charge in [0.05, 0.1) is 18.4 Å². The first-order valence-corrected chi connectivity index (χ1v) is 6.38. The van der Waals surface area contributed by atoms with E-state index < -0.39 is 30.3 Å². The van der Waals surface area contributed by atoms with Gasteiger partial charge in [0.2, 0.25) is 5.91 Å². The Bertz CT molecular complexity index is 350. The first-order valence-electron chi connectivity index (χ1n) is 6.38. The van der Waals surface area contributed by atoms with Crippen LogP contribution in [0.25, 0.3) is 0 Å². The molecular weight excluding hydrogens is 252 g/mol. The van der Waals surface area contributed by atoms with E-state index >= 15 is 0 Å². The molecule has 1 aliphatic rings. The van der Waals surface area contributed by atoms with Crippen LogP contribution in [0.5, 0.6) is 0 Å². The van der Waals surface area contributed by atoms with Gasteiger partial charge < -0.3 is 21.3 Å². The lowest BCUT2D eigenvalue weighted by Gasteiger charge is -2.26. The van der Waals surface area contributed by atoms with Crippen LogP contribution >= 0.6 is 0 Å². The van der Waals surface area contributed by atoms with E-state index in [0.29, 0.717) is 19.4 Å². The van der Waals surface area contributed by atoms with Gasteiger partial charge in [0.25, 0.3) is 0 Å². The Morgan fingerprint density at radius 2 is 1.74 bits per heavy atom. The van der Waals surface area contributed by atoms with Crippen LogP contribution in [-0.4, -0.2) is 40.6 Å². The zero-order chi connectivity index (χ0) is 14.4. The van der Waals surface area contributed by atoms with Gasteiger partial charge in [-0.25, -0.2) is 0 Å². The van der Waals surface area contributed by atoms with Crippen LogP contribution in [0, 0.1) is 11.8 Å². The van der Waals surface area contributed by atoms with E-state index in [1.165, 1.54) is 0 Å². The van der Waals surface area contributed by atoms with Crippen molar-refractivity contribution in [1.29, 1.82) is 0 Å². The summed E-state index contributed by atoms with van der Waals surface area (Å²) in [7, 11) is 0. The summed E-state index contributed by atoms with van der Waals surface area (Å²) in [6.07, 6.45) is 2.36. The van der Waals surface area contributed by atoms with Crippen LogP contribution in [0.3, 0.4) is 0 Å². The van der Waals surface area contributed by atoms with Gasteiger partial charge in [-0.15, -0.1) is 0 Å². The minimum Gasteiger partial charge on any atom is -0.481 e. The van der Waals surface area contributed by atoms with Crippen LogP contribution in [0.4, 0.5) is 0 Å². The fraction of sp³-hybridized carbons (Fsp3) is 0.750. The Kier molecular flexibility index (Phi) is 5.75. The first-order chi connectivity index (χ1) is 8.90. The topological polar surface area (TPSA) is 130 Å². The average Bonchev–Trinajstić information content (AvgIpc) is 2.35. The van der Waals surface area contributed by atoms with Crippen LogP contribution in [0.1, 0.15) is 32.1 Å². The number of carboxylic acids is 2. The molecule has 1 saturated carbocycles. The van der Waals surface area contributed by atoms with Gasteiger partial charge in [-0.3, -0.25) is 14.4 Å². The van der Waals surface area contributed by atoms with Crippen LogP contribution in [0.2, 0.25) is 0 Å². The first kappa shape index (κ1) is 15.4. The maximum Gasteiger partial charge on any atom is 0.306 e. The van der Waals surface area contributed by atoms with Gasteiger partial charge in [-0.1, -0.05) is 0 Å². The van der Waals surface area contributed by atoms with Crippen LogP contribution < -0.4 is 11.1 Å². The molecule has 1 rings (SSSR count). The molecule has 0 radical (unpaired) electrons. The molecule has 0 aromatic heterocycles. The largest absolute Gasteiger partial charge is 0.481 e. The Labute approximate surface area is 111 Å². The van der Waals surface area contributed by atoms with Gasteiger partial charge in [0.1, 0.15) is 0 Å². The number of carbonyl (C=O) groups is 3. The molecule has 1 amide bonds. The summed E-state index contributed by atoms with van der Waals surface area (Å²) in [5.41, 5.74) is 5.42. The summed E-state index contributed by atoms with van der Waals surface area (Å²) >= 11 is 0. The fourth-order valence-electron chi connectivity index (χ4n) is 2.27. The highest BCUT2D eigenvalue weighted by Gasteiger charge is 2.26. The van der Waals surface area contributed by atoms with E-state index in [2.05, 4.69) is 5.32 Å². The highest BCUT2D eigenvalue weighted by molar-refractivity contribution is 5.85. The average molecular weight is 272 g/mol. The Morgan fingerprint density at radius 3 is 2.21 bits per heavy atom. The van der Waals surface area contributed by atoms with Gasteiger partial charge in [-0.05, 0) is 31.6 Å². The molecule has 0 saturated heterocycles. The molecule has 7 heteroatoms. The van der Waals surface area contributed by atoms with Crippen LogP contribution in [0.15, 0.2) is 0 Å². The minimum absolute atomic E-state index is 0.247. The van der Waals surface area contributed by atoms with Crippen molar-refractivity contribution in [2.24, 2.45) is 17.6 Å². The number of rotatable bonds is 6. The summed E-state index contributed by atoms with van der Waals surface area (Å²) in [6.45, 7) is 0.429. The maximum atomic E-state index is 11.5. The molecule has 0 unspecified atom stereocenters. The zero-order valence-corrected chi connectivity index (χ0v) is 10.7. The second-order valence-corrected chi connectivity index (χ2v) is 5.01. The van der Waals surface area contributed by atoms with E-state index in [-0.39, 0.29) is 11.8 Å².